The smallest absolute Gasteiger partial charge is 0.387 e. The van der Waals surface area contributed by atoms with Gasteiger partial charge in [0.25, 0.3) is 0 Å². The molecule has 110 valence electrons. The maximum atomic E-state index is 12.1. The molecule has 2 aliphatic rings. The van der Waals surface area contributed by atoms with Crippen molar-refractivity contribution in [2.75, 3.05) is 0 Å². The lowest BCUT2D eigenvalue weighted by Crippen LogP contribution is -2.14. The minimum Gasteiger partial charge on any atom is -0.435 e. The number of aliphatic hydroxyl groups excluding tert-OH is 1. The van der Waals surface area contributed by atoms with Crippen molar-refractivity contribution in [3.63, 3.8) is 0 Å². The molecule has 4 unspecified atom stereocenters. The summed E-state index contributed by atoms with van der Waals surface area (Å²) in [7, 11) is 0. The Labute approximate surface area is 117 Å². The van der Waals surface area contributed by atoms with Gasteiger partial charge in [0, 0.05) is 0 Å². The number of alkyl halides is 2. The fourth-order valence-corrected chi connectivity index (χ4v) is 3.96. The number of aliphatic hydroxyl groups is 1. The van der Waals surface area contributed by atoms with E-state index < -0.39 is 12.7 Å². The summed E-state index contributed by atoms with van der Waals surface area (Å²) in [6.45, 7) is -2.81. The van der Waals surface area contributed by atoms with Gasteiger partial charge in [-0.2, -0.15) is 8.78 Å². The second kappa shape index (κ2) is 5.68. The molecular weight excluding hydrogens is 262 g/mol. The number of ether oxygens (including phenoxy) is 1. The third kappa shape index (κ3) is 2.95. The van der Waals surface area contributed by atoms with Crippen molar-refractivity contribution < 1.29 is 18.6 Å². The molecule has 0 radical (unpaired) electrons. The van der Waals surface area contributed by atoms with Crippen molar-refractivity contribution in [3.05, 3.63) is 29.8 Å². The fourth-order valence-electron chi connectivity index (χ4n) is 3.96. The number of benzene rings is 1. The van der Waals surface area contributed by atoms with Crippen LogP contribution in [0.1, 0.15) is 43.8 Å². The van der Waals surface area contributed by atoms with E-state index in [-0.39, 0.29) is 5.75 Å². The molecule has 1 N–H and O–H groups in total. The van der Waals surface area contributed by atoms with E-state index in [1.165, 1.54) is 37.8 Å². The molecular formula is C16H20F2O2. The van der Waals surface area contributed by atoms with E-state index >= 15 is 0 Å². The Bertz CT molecular complexity index is 446. The van der Waals surface area contributed by atoms with E-state index in [4.69, 9.17) is 0 Å². The van der Waals surface area contributed by atoms with Gasteiger partial charge in [0.1, 0.15) is 5.75 Å². The summed E-state index contributed by atoms with van der Waals surface area (Å²) >= 11 is 0. The van der Waals surface area contributed by atoms with Crippen LogP contribution in [0.25, 0.3) is 0 Å². The summed E-state index contributed by atoms with van der Waals surface area (Å²) in [6, 6.07) is 6.34. The van der Waals surface area contributed by atoms with Gasteiger partial charge >= 0.3 is 6.61 Å². The summed E-state index contributed by atoms with van der Waals surface area (Å²) in [5.41, 5.74) is 0.786. The summed E-state index contributed by atoms with van der Waals surface area (Å²) in [4.78, 5) is 0. The van der Waals surface area contributed by atoms with Gasteiger partial charge < -0.3 is 9.84 Å². The molecule has 3 rings (SSSR count). The predicted molar refractivity (Wildman–Crippen MR) is 71.6 cm³/mol. The first-order chi connectivity index (χ1) is 9.61. The molecule has 0 amide bonds. The lowest BCUT2D eigenvalue weighted by Gasteiger charge is -2.24. The minimum atomic E-state index is -2.81. The highest BCUT2D eigenvalue weighted by molar-refractivity contribution is 5.28. The molecule has 0 heterocycles. The van der Waals surface area contributed by atoms with Crippen molar-refractivity contribution in [2.24, 2.45) is 17.8 Å². The van der Waals surface area contributed by atoms with Crippen molar-refractivity contribution >= 4 is 0 Å². The molecule has 0 aromatic heterocycles. The fraction of sp³-hybridized carbons (Fsp3) is 0.625. The first-order valence-corrected chi connectivity index (χ1v) is 7.34. The molecule has 1 aromatic carbocycles. The van der Waals surface area contributed by atoms with Gasteiger partial charge in [0.2, 0.25) is 0 Å². The van der Waals surface area contributed by atoms with Crippen molar-refractivity contribution in [1.82, 2.24) is 0 Å². The topological polar surface area (TPSA) is 29.5 Å². The Morgan fingerprint density at radius 1 is 1.15 bits per heavy atom. The van der Waals surface area contributed by atoms with E-state index in [1.807, 2.05) is 0 Å². The van der Waals surface area contributed by atoms with Crippen LogP contribution in [0.5, 0.6) is 5.75 Å². The Hall–Kier alpha value is -1.16. The average Bonchev–Trinajstić information content (AvgIpc) is 3.01. The molecule has 2 bridgehead atoms. The Morgan fingerprint density at radius 3 is 2.45 bits per heavy atom. The van der Waals surface area contributed by atoms with Crippen LogP contribution < -0.4 is 4.74 Å². The summed E-state index contributed by atoms with van der Waals surface area (Å²) < 4.78 is 28.4. The van der Waals surface area contributed by atoms with Crippen LogP contribution in [0.3, 0.4) is 0 Å². The van der Waals surface area contributed by atoms with Crippen molar-refractivity contribution in [3.8, 4) is 5.75 Å². The van der Waals surface area contributed by atoms with Gasteiger partial charge in [0.05, 0.1) is 6.10 Å². The van der Waals surface area contributed by atoms with Gasteiger partial charge in [0.15, 0.2) is 0 Å². The molecule has 2 saturated carbocycles. The molecule has 2 aliphatic carbocycles. The first kappa shape index (κ1) is 13.8. The second-order valence-electron chi connectivity index (χ2n) is 6.13. The SMILES string of the molecule is OC(CC1CC2CCC1C2)c1ccc(OC(F)F)cc1. The third-order valence-corrected chi connectivity index (χ3v) is 4.90. The highest BCUT2D eigenvalue weighted by Crippen LogP contribution is 2.50. The van der Waals surface area contributed by atoms with Gasteiger partial charge in [-0.05, 0) is 61.1 Å². The van der Waals surface area contributed by atoms with Crippen molar-refractivity contribution in [2.45, 2.75) is 44.8 Å². The monoisotopic (exact) mass is 282 g/mol. The van der Waals surface area contributed by atoms with Crippen LogP contribution >= 0.6 is 0 Å². The number of halogens is 2. The van der Waals surface area contributed by atoms with Crippen LogP contribution in [0.4, 0.5) is 8.78 Å². The predicted octanol–water partition coefficient (Wildman–Crippen LogP) is 4.15. The molecule has 2 fully saturated rings. The highest BCUT2D eigenvalue weighted by atomic mass is 19.3. The number of hydrogen-bond acceptors (Lipinski definition) is 2. The van der Waals surface area contributed by atoms with Crippen LogP contribution in [0, 0.1) is 17.8 Å². The number of hydrogen-bond donors (Lipinski definition) is 1. The summed E-state index contributed by atoms with van der Waals surface area (Å²) in [5, 5.41) is 10.3. The average molecular weight is 282 g/mol. The molecule has 0 saturated heterocycles. The van der Waals surface area contributed by atoms with Gasteiger partial charge in [-0.3, -0.25) is 0 Å². The van der Waals surface area contributed by atoms with E-state index in [9.17, 15) is 13.9 Å². The zero-order chi connectivity index (χ0) is 14.1. The third-order valence-electron chi connectivity index (χ3n) is 4.90. The van der Waals surface area contributed by atoms with E-state index in [1.54, 1.807) is 12.1 Å². The largest absolute Gasteiger partial charge is 0.435 e. The zero-order valence-electron chi connectivity index (χ0n) is 11.3. The Balaban J connectivity index is 1.58. The first-order valence-electron chi connectivity index (χ1n) is 7.34. The molecule has 0 spiro atoms. The van der Waals surface area contributed by atoms with Crippen LogP contribution in [0.2, 0.25) is 0 Å². The molecule has 4 heteroatoms. The van der Waals surface area contributed by atoms with E-state index in [2.05, 4.69) is 4.74 Å². The van der Waals surface area contributed by atoms with Gasteiger partial charge in [-0.25, -0.2) is 0 Å². The second-order valence-corrected chi connectivity index (χ2v) is 6.13. The van der Waals surface area contributed by atoms with Crippen LogP contribution in [0.15, 0.2) is 24.3 Å². The van der Waals surface area contributed by atoms with Crippen LogP contribution in [-0.4, -0.2) is 11.7 Å². The molecule has 1 aromatic rings. The maximum Gasteiger partial charge on any atom is 0.387 e. The molecule has 20 heavy (non-hydrogen) atoms. The Morgan fingerprint density at radius 2 is 1.90 bits per heavy atom. The van der Waals surface area contributed by atoms with E-state index in [0.29, 0.717) is 5.92 Å². The number of fused-ring (bicyclic) bond motifs is 2. The van der Waals surface area contributed by atoms with Gasteiger partial charge in [-0.1, -0.05) is 18.6 Å². The molecule has 0 aliphatic heterocycles. The molecule has 4 atom stereocenters. The van der Waals surface area contributed by atoms with E-state index in [0.717, 1.165) is 23.8 Å². The standard InChI is InChI=1S/C16H20F2O2/c17-16(18)20-14-5-3-11(4-6-14)15(19)9-13-8-10-1-2-12(13)7-10/h3-6,10,12-13,15-16,19H,1-2,7-9H2. The minimum absolute atomic E-state index is 0.135. The maximum absolute atomic E-state index is 12.1. The lowest BCUT2D eigenvalue weighted by atomic mass is 9.83. The Kier molecular flexibility index (Phi) is 3.92. The molecule has 2 nitrogen and oxygen atoms in total. The van der Waals surface area contributed by atoms with Crippen molar-refractivity contribution in [1.29, 1.82) is 0 Å². The zero-order valence-corrected chi connectivity index (χ0v) is 11.3. The number of rotatable bonds is 5. The quantitative estimate of drug-likeness (QED) is 0.879. The summed E-state index contributed by atoms with van der Waals surface area (Å²) in [5.74, 6) is 2.42. The lowest BCUT2D eigenvalue weighted by molar-refractivity contribution is -0.0498. The normalized spacial score (nSPS) is 29.9. The summed E-state index contributed by atoms with van der Waals surface area (Å²) in [6.07, 6.45) is 5.53. The highest BCUT2D eigenvalue weighted by Gasteiger charge is 2.40. The van der Waals surface area contributed by atoms with Crippen LogP contribution in [-0.2, 0) is 0 Å². The van der Waals surface area contributed by atoms with Gasteiger partial charge in [-0.15, -0.1) is 0 Å².